The Morgan fingerprint density at radius 3 is 2.43 bits per heavy atom. The van der Waals surface area contributed by atoms with Gasteiger partial charge in [0.1, 0.15) is 5.75 Å². The van der Waals surface area contributed by atoms with E-state index in [2.05, 4.69) is 24.1 Å². The molecule has 0 amide bonds. The highest BCUT2D eigenvalue weighted by Crippen LogP contribution is 2.29. The maximum Gasteiger partial charge on any atom is 0.183 e. The second kappa shape index (κ2) is 8.76. The van der Waals surface area contributed by atoms with Crippen LogP contribution in [-0.2, 0) is 19.7 Å². The van der Waals surface area contributed by atoms with Crippen molar-refractivity contribution in [2.45, 2.75) is 61.8 Å². The van der Waals surface area contributed by atoms with Gasteiger partial charge in [-0.1, -0.05) is 6.42 Å². The summed E-state index contributed by atoms with van der Waals surface area (Å²) in [5, 5.41) is 2.32. The molecule has 2 aliphatic heterocycles. The maximum absolute atomic E-state index is 13.4. The van der Waals surface area contributed by atoms with Crippen molar-refractivity contribution >= 4 is 19.7 Å². The SMILES string of the molecule is COc1ccc(S(=O)(=O)[C@H]2CS(=O)(=O)C[C@@H]2NCC(C)(C)N2CCCCC2)cc1C. The number of rotatable bonds is 7. The lowest BCUT2D eigenvalue weighted by Crippen LogP contribution is -2.56. The smallest absolute Gasteiger partial charge is 0.183 e. The Labute approximate surface area is 181 Å². The first-order chi connectivity index (χ1) is 14.0. The Morgan fingerprint density at radius 1 is 1.17 bits per heavy atom. The van der Waals surface area contributed by atoms with Gasteiger partial charge < -0.3 is 10.1 Å². The summed E-state index contributed by atoms with van der Waals surface area (Å²) in [5.74, 6) is 0.107. The zero-order valence-electron chi connectivity index (χ0n) is 18.3. The number of benzene rings is 1. The zero-order valence-corrected chi connectivity index (χ0v) is 20.0. The molecule has 30 heavy (non-hydrogen) atoms. The number of methoxy groups -OCH3 is 1. The van der Waals surface area contributed by atoms with Crippen LogP contribution in [0.15, 0.2) is 23.1 Å². The van der Waals surface area contributed by atoms with Crippen LogP contribution in [0.4, 0.5) is 0 Å². The number of piperidine rings is 1. The summed E-state index contributed by atoms with van der Waals surface area (Å²) < 4.78 is 56.7. The van der Waals surface area contributed by atoms with Gasteiger partial charge in [0.05, 0.1) is 28.8 Å². The third-order valence-corrected chi connectivity index (χ3v) is 10.6. The van der Waals surface area contributed by atoms with Crippen LogP contribution in [0.5, 0.6) is 5.75 Å². The predicted molar refractivity (Wildman–Crippen MR) is 119 cm³/mol. The van der Waals surface area contributed by atoms with E-state index < -0.39 is 31.0 Å². The molecule has 0 unspecified atom stereocenters. The van der Waals surface area contributed by atoms with Crippen molar-refractivity contribution in [1.29, 1.82) is 0 Å². The summed E-state index contributed by atoms with van der Waals surface area (Å²) in [5.41, 5.74) is 0.535. The first kappa shape index (κ1) is 23.5. The molecule has 1 N–H and O–H groups in total. The fraction of sp³-hybridized carbons (Fsp3) is 0.714. The number of nitrogens with zero attached hydrogens (tertiary/aromatic N) is 1. The standard InChI is InChI=1S/C21H34N2O5S2/c1-16-12-17(8-9-19(16)28-4)30(26,27)20-14-29(24,25)13-18(20)22-15-21(2,3)23-10-6-5-7-11-23/h8-9,12,18,20,22H,5-7,10-11,13-15H2,1-4H3/t18-,20-/m0/s1. The highest BCUT2D eigenvalue weighted by atomic mass is 32.2. The van der Waals surface area contributed by atoms with Crippen LogP contribution in [0.3, 0.4) is 0 Å². The second-order valence-electron chi connectivity index (χ2n) is 9.14. The topological polar surface area (TPSA) is 92.8 Å². The van der Waals surface area contributed by atoms with Gasteiger partial charge in [0.25, 0.3) is 0 Å². The lowest BCUT2D eigenvalue weighted by Gasteiger charge is -2.42. The van der Waals surface area contributed by atoms with E-state index in [1.165, 1.54) is 19.6 Å². The minimum Gasteiger partial charge on any atom is -0.496 e. The highest BCUT2D eigenvalue weighted by molar-refractivity contribution is 7.96. The summed E-state index contributed by atoms with van der Waals surface area (Å²) in [6.45, 7) is 8.62. The number of likely N-dealkylation sites (tertiary alicyclic amines) is 1. The van der Waals surface area contributed by atoms with E-state index in [1.807, 2.05) is 0 Å². The Balaban J connectivity index is 1.81. The van der Waals surface area contributed by atoms with Crippen molar-refractivity contribution in [1.82, 2.24) is 10.2 Å². The van der Waals surface area contributed by atoms with E-state index in [0.29, 0.717) is 17.9 Å². The normalized spacial score (nSPS) is 25.3. The van der Waals surface area contributed by atoms with Crippen LogP contribution >= 0.6 is 0 Å². The van der Waals surface area contributed by atoms with E-state index in [4.69, 9.17) is 4.74 Å². The van der Waals surface area contributed by atoms with Gasteiger partial charge in [-0.2, -0.15) is 0 Å². The first-order valence-electron chi connectivity index (χ1n) is 10.5. The zero-order chi connectivity index (χ0) is 22.2. The van der Waals surface area contributed by atoms with Gasteiger partial charge in [-0.15, -0.1) is 0 Å². The molecule has 0 saturated carbocycles. The summed E-state index contributed by atoms with van der Waals surface area (Å²) in [6, 6.07) is 4.06. The molecule has 2 saturated heterocycles. The van der Waals surface area contributed by atoms with Gasteiger partial charge in [0.2, 0.25) is 0 Å². The molecule has 2 heterocycles. The van der Waals surface area contributed by atoms with Gasteiger partial charge in [0, 0.05) is 18.1 Å². The molecule has 0 aromatic heterocycles. The van der Waals surface area contributed by atoms with Crippen LogP contribution in [0, 0.1) is 6.92 Å². The van der Waals surface area contributed by atoms with Crippen molar-refractivity contribution in [3.63, 3.8) is 0 Å². The molecular weight excluding hydrogens is 424 g/mol. The van der Waals surface area contributed by atoms with E-state index >= 15 is 0 Å². The maximum atomic E-state index is 13.4. The van der Waals surface area contributed by atoms with E-state index in [-0.39, 0.29) is 21.9 Å². The molecule has 0 radical (unpaired) electrons. The largest absolute Gasteiger partial charge is 0.496 e. The molecule has 170 valence electrons. The van der Waals surface area contributed by atoms with Crippen LogP contribution in [-0.4, -0.2) is 76.8 Å². The average molecular weight is 459 g/mol. The number of aryl methyl sites for hydroxylation is 1. The van der Waals surface area contributed by atoms with E-state index in [9.17, 15) is 16.8 Å². The summed E-state index contributed by atoms with van der Waals surface area (Å²) in [4.78, 5) is 2.55. The summed E-state index contributed by atoms with van der Waals surface area (Å²) in [6.07, 6.45) is 3.56. The molecule has 9 heteroatoms. The Bertz CT molecular complexity index is 967. The molecule has 3 rings (SSSR count). The van der Waals surface area contributed by atoms with Crippen molar-refractivity contribution in [2.24, 2.45) is 0 Å². The lowest BCUT2D eigenvalue weighted by molar-refractivity contribution is 0.0925. The van der Waals surface area contributed by atoms with Crippen molar-refractivity contribution in [3.05, 3.63) is 23.8 Å². The number of hydrogen-bond acceptors (Lipinski definition) is 7. The van der Waals surface area contributed by atoms with Crippen LogP contribution in [0.1, 0.15) is 38.7 Å². The molecule has 2 atom stereocenters. The molecule has 0 aliphatic carbocycles. The molecule has 1 aromatic carbocycles. The molecule has 2 fully saturated rings. The number of nitrogens with one attached hydrogen (secondary N) is 1. The number of hydrogen-bond donors (Lipinski definition) is 1. The summed E-state index contributed by atoms with van der Waals surface area (Å²) >= 11 is 0. The summed E-state index contributed by atoms with van der Waals surface area (Å²) in [7, 11) is -5.71. The van der Waals surface area contributed by atoms with Crippen LogP contribution in [0.25, 0.3) is 0 Å². The molecule has 0 spiro atoms. The Hall–Kier alpha value is -1.16. The van der Waals surface area contributed by atoms with Crippen molar-refractivity contribution in [2.75, 3.05) is 38.2 Å². The van der Waals surface area contributed by atoms with Crippen LogP contribution < -0.4 is 10.1 Å². The quantitative estimate of drug-likeness (QED) is 0.666. The van der Waals surface area contributed by atoms with Crippen LogP contribution in [0.2, 0.25) is 0 Å². The van der Waals surface area contributed by atoms with Gasteiger partial charge in [-0.3, -0.25) is 4.90 Å². The molecule has 2 aliphatic rings. The van der Waals surface area contributed by atoms with Crippen molar-refractivity contribution in [3.8, 4) is 5.75 Å². The third kappa shape index (κ3) is 5.00. The lowest BCUT2D eigenvalue weighted by atomic mass is 9.98. The fourth-order valence-corrected chi connectivity index (χ4v) is 9.31. The Kier molecular flexibility index (Phi) is 6.86. The van der Waals surface area contributed by atoms with Gasteiger partial charge >= 0.3 is 0 Å². The first-order valence-corrected chi connectivity index (χ1v) is 13.9. The van der Waals surface area contributed by atoms with E-state index in [0.717, 1.165) is 25.9 Å². The number of sulfone groups is 2. The minimum absolute atomic E-state index is 0.144. The highest BCUT2D eigenvalue weighted by Gasteiger charge is 2.46. The monoisotopic (exact) mass is 458 g/mol. The van der Waals surface area contributed by atoms with Gasteiger partial charge in [-0.05, 0) is 70.5 Å². The van der Waals surface area contributed by atoms with E-state index in [1.54, 1.807) is 19.1 Å². The molecule has 0 bridgehead atoms. The fourth-order valence-electron chi connectivity index (χ4n) is 4.51. The molecule has 7 nitrogen and oxygen atoms in total. The van der Waals surface area contributed by atoms with Crippen molar-refractivity contribution < 1.29 is 21.6 Å². The van der Waals surface area contributed by atoms with Gasteiger partial charge in [-0.25, -0.2) is 16.8 Å². The molecule has 1 aromatic rings. The average Bonchev–Trinajstić information content (AvgIpc) is 3.02. The second-order valence-corrected chi connectivity index (χ2v) is 13.5. The Morgan fingerprint density at radius 2 is 1.83 bits per heavy atom. The third-order valence-electron chi connectivity index (χ3n) is 6.40. The number of ether oxygens (including phenoxy) is 1. The minimum atomic E-state index is -3.81. The predicted octanol–water partition coefficient (Wildman–Crippen LogP) is 1.80. The molecular formula is C21H34N2O5S2. The van der Waals surface area contributed by atoms with Gasteiger partial charge in [0.15, 0.2) is 19.7 Å².